The molecule has 1 nitrogen and oxygen atoms in total. The standard InChI is InChI=1S/C13H28BrN/c1-5-9-15(10-6-2)12-13(7-3,8-4)11-14/h5-12H2,1-4H3. The van der Waals surface area contributed by atoms with Crippen molar-refractivity contribution in [3.63, 3.8) is 0 Å². The summed E-state index contributed by atoms with van der Waals surface area (Å²) in [5.41, 5.74) is 0.490. The summed E-state index contributed by atoms with van der Waals surface area (Å²) in [5, 5.41) is 1.14. The van der Waals surface area contributed by atoms with E-state index in [4.69, 9.17) is 0 Å². The molecule has 92 valence electrons. The normalized spacial score (nSPS) is 12.4. The maximum Gasteiger partial charge on any atom is 0.01000 e. The Bertz CT molecular complexity index is 129. The lowest BCUT2D eigenvalue weighted by Crippen LogP contribution is -2.39. The molecule has 15 heavy (non-hydrogen) atoms. The molecule has 0 aliphatic rings. The summed E-state index contributed by atoms with van der Waals surface area (Å²) in [7, 11) is 0. The van der Waals surface area contributed by atoms with Crippen LogP contribution in [0.1, 0.15) is 53.4 Å². The minimum atomic E-state index is 0.490. The minimum Gasteiger partial charge on any atom is -0.303 e. The predicted octanol–water partition coefficient (Wildman–Crippen LogP) is 4.31. The monoisotopic (exact) mass is 277 g/mol. The molecule has 0 saturated heterocycles. The first-order chi connectivity index (χ1) is 7.17. The first kappa shape index (κ1) is 15.4. The molecular weight excluding hydrogens is 250 g/mol. The molecule has 0 aromatic rings. The molecule has 0 aliphatic carbocycles. The maximum absolute atomic E-state index is 3.70. The van der Waals surface area contributed by atoms with Crippen molar-refractivity contribution in [1.82, 2.24) is 4.90 Å². The third-order valence-corrected chi connectivity index (χ3v) is 4.61. The van der Waals surface area contributed by atoms with Gasteiger partial charge in [0.05, 0.1) is 0 Å². The minimum absolute atomic E-state index is 0.490. The quantitative estimate of drug-likeness (QED) is 0.568. The van der Waals surface area contributed by atoms with Gasteiger partial charge in [-0.15, -0.1) is 0 Å². The lowest BCUT2D eigenvalue weighted by Gasteiger charge is -2.36. The Balaban J connectivity index is 4.30. The van der Waals surface area contributed by atoms with E-state index in [1.54, 1.807) is 0 Å². The zero-order valence-electron chi connectivity index (χ0n) is 11.0. The van der Waals surface area contributed by atoms with Gasteiger partial charge in [-0.1, -0.05) is 43.6 Å². The van der Waals surface area contributed by atoms with Crippen LogP contribution in [-0.2, 0) is 0 Å². The largest absolute Gasteiger partial charge is 0.303 e. The highest BCUT2D eigenvalue weighted by Crippen LogP contribution is 2.30. The van der Waals surface area contributed by atoms with Crippen LogP contribution in [0.2, 0.25) is 0 Å². The molecule has 0 radical (unpaired) electrons. The fourth-order valence-corrected chi connectivity index (χ4v) is 3.05. The molecular formula is C13H28BrN. The van der Waals surface area contributed by atoms with E-state index in [2.05, 4.69) is 48.5 Å². The Morgan fingerprint density at radius 1 is 0.933 bits per heavy atom. The molecule has 0 rings (SSSR count). The fourth-order valence-electron chi connectivity index (χ4n) is 2.08. The number of alkyl halides is 1. The van der Waals surface area contributed by atoms with Gasteiger partial charge in [0.2, 0.25) is 0 Å². The van der Waals surface area contributed by atoms with E-state index < -0.39 is 0 Å². The smallest absolute Gasteiger partial charge is 0.01000 e. The van der Waals surface area contributed by atoms with E-state index in [1.165, 1.54) is 45.3 Å². The first-order valence-electron chi connectivity index (χ1n) is 6.46. The fraction of sp³-hybridized carbons (Fsp3) is 1.00. The van der Waals surface area contributed by atoms with E-state index in [-0.39, 0.29) is 0 Å². The Kier molecular flexibility index (Phi) is 8.83. The molecule has 0 amide bonds. The summed E-state index contributed by atoms with van der Waals surface area (Å²) in [6, 6.07) is 0. The van der Waals surface area contributed by atoms with E-state index >= 15 is 0 Å². The van der Waals surface area contributed by atoms with Gasteiger partial charge in [0.1, 0.15) is 0 Å². The number of hydrogen-bond donors (Lipinski definition) is 0. The van der Waals surface area contributed by atoms with Crippen LogP contribution in [0.4, 0.5) is 0 Å². The number of nitrogens with zero attached hydrogens (tertiary/aromatic N) is 1. The van der Waals surface area contributed by atoms with E-state index in [0.29, 0.717) is 5.41 Å². The summed E-state index contributed by atoms with van der Waals surface area (Å²) in [5.74, 6) is 0. The van der Waals surface area contributed by atoms with Crippen molar-refractivity contribution in [2.75, 3.05) is 25.0 Å². The van der Waals surface area contributed by atoms with Crippen LogP contribution in [0.25, 0.3) is 0 Å². The van der Waals surface area contributed by atoms with Crippen molar-refractivity contribution in [1.29, 1.82) is 0 Å². The Morgan fingerprint density at radius 2 is 1.40 bits per heavy atom. The highest BCUT2D eigenvalue weighted by molar-refractivity contribution is 9.09. The SMILES string of the molecule is CCCN(CCC)CC(CC)(CC)CBr. The van der Waals surface area contributed by atoms with Crippen LogP contribution in [0.3, 0.4) is 0 Å². The molecule has 0 spiro atoms. The van der Waals surface area contributed by atoms with Gasteiger partial charge in [0.15, 0.2) is 0 Å². The molecule has 0 aromatic heterocycles. The molecule has 0 N–H and O–H groups in total. The molecule has 2 heteroatoms. The lowest BCUT2D eigenvalue weighted by molar-refractivity contribution is 0.158. The molecule has 0 heterocycles. The Labute approximate surface area is 105 Å². The van der Waals surface area contributed by atoms with Crippen molar-refractivity contribution in [3.8, 4) is 0 Å². The molecule has 0 saturated carbocycles. The van der Waals surface area contributed by atoms with Crippen LogP contribution in [0.5, 0.6) is 0 Å². The second kappa shape index (κ2) is 8.58. The molecule has 0 aromatic carbocycles. The van der Waals surface area contributed by atoms with E-state index in [9.17, 15) is 0 Å². The van der Waals surface area contributed by atoms with Gasteiger partial charge in [-0.3, -0.25) is 0 Å². The highest BCUT2D eigenvalue weighted by Gasteiger charge is 2.26. The van der Waals surface area contributed by atoms with Crippen LogP contribution in [0.15, 0.2) is 0 Å². The average molecular weight is 278 g/mol. The molecule has 0 fully saturated rings. The van der Waals surface area contributed by atoms with Gasteiger partial charge in [-0.2, -0.15) is 0 Å². The molecule has 0 bridgehead atoms. The van der Waals surface area contributed by atoms with Crippen LogP contribution >= 0.6 is 15.9 Å². The molecule has 0 aliphatic heterocycles. The zero-order chi connectivity index (χ0) is 11.7. The molecule has 0 unspecified atom stereocenters. The van der Waals surface area contributed by atoms with Gasteiger partial charge in [0, 0.05) is 11.9 Å². The van der Waals surface area contributed by atoms with Crippen LogP contribution in [-0.4, -0.2) is 29.9 Å². The number of halogens is 1. The maximum atomic E-state index is 3.70. The van der Waals surface area contributed by atoms with Crippen molar-refractivity contribution in [3.05, 3.63) is 0 Å². The second-order valence-corrected chi connectivity index (χ2v) is 5.18. The summed E-state index contributed by atoms with van der Waals surface area (Å²) >= 11 is 3.70. The third kappa shape index (κ3) is 5.35. The van der Waals surface area contributed by atoms with Crippen LogP contribution in [0, 0.1) is 5.41 Å². The summed E-state index contributed by atoms with van der Waals surface area (Å²) in [6.45, 7) is 13.0. The topological polar surface area (TPSA) is 3.24 Å². The van der Waals surface area contributed by atoms with Crippen LogP contribution < -0.4 is 0 Å². The Hall–Kier alpha value is 0.440. The number of hydrogen-bond acceptors (Lipinski definition) is 1. The predicted molar refractivity (Wildman–Crippen MR) is 73.8 cm³/mol. The highest BCUT2D eigenvalue weighted by atomic mass is 79.9. The summed E-state index contributed by atoms with van der Waals surface area (Å²) in [4.78, 5) is 2.63. The first-order valence-corrected chi connectivity index (χ1v) is 7.58. The van der Waals surface area contributed by atoms with Crippen molar-refractivity contribution < 1.29 is 0 Å². The van der Waals surface area contributed by atoms with Crippen molar-refractivity contribution >= 4 is 15.9 Å². The van der Waals surface area contributed by atoms with Gasteiger partial charge in [-0.25, -0.2) is 0 Å². The van der Waals surface area contributed by atoms with E-state index in [1.807, 2.05) is 0 Å². The van der Waals surface area contributed by atoms with Gasteiger partial charge < -0.3 is 4.90 Å². The average Bonchev–Trinajstić information content (AvgIpc) is 2.27. The lowest BCUT2D eigenvalue weighted by atomic mass is 9.84. The third-order valence-electron chi connectivity index (χ3n) is 3.42. The van der Waals surface area contributed by atoms with Gasteiger partial charge >= 0.3 is 0 Å². The second-order valence-electron chi connectivity index (χ2n) is 4.62. The van der Waals surface area contributed by atoms with E-state index in [0.717, 1.165) is 5.33 Å². The zero-order valence-corrected chi connectivity index (χ0v) is 12.6. The van der Waals surface area contributed by atoms with Gasteiger partial charge in [-0.05, 0) is 44.2 Å². The summed E-state index contributed by atoms with van der Waals surface area (Å²) < 4.78 is 0. The Morgan fingerprint density at radius 3 is 1.67 bits per heavy atom. The number of rotatable bonds is 9. The van der Waals surface area contributed by atoms with Crippen molar-refractivity contribution in [2.45, 2.75) is 53.4 Å². The van der Waals surface area contributed by atoms with Crippen molar-refractivity contribution in [2.24, 2.45) is 5.41 Å². The summed E-state index contributed by atoms with van der Waals surface area (Å²) in [6.07, 6.45) is 5.09. The van der Waals surface area contributed by atoms with Gasteiger partial charge in [0.25, 0.3) is 0 Å². The molecule has 0 atom stereocenters.